The van der Waals surface area contributed by atoms with Gasteiger partial charge in [-0.1, -0.05) is 0 Å². The van der Waals surface area contributed by atoms with Crippen LogP contribution in [0.15, 0.2) is 12.4 Å². The second-order valence-corrected chi connectivity index (χ2v) is 6.95. The Bertz CT molecular complexity index is 522. The molecule has 2 N–H and O–H groups in total. The summed E-state index contributed by atoms with van der Waals surface area (Å²) in [5, 5.41) is 19.0. The molecule has 24 heavy (non-hydrogen) atoms. The van der Waals surface area contributed by atoms with Crippen LogP contribution in [0.1, 0.15) is 12.8 Å². The number of rotatable bonds is 6. The molecule has 0 saturated carbocycles. The molecule has 0 amide bonds. The number of anilines is 1. The Morgan fingerprint density at radius 2 is 1.88 bits per heavy atom. The lowest BCUT2D eigenvalue weighted by atomic mass is 9.93. The van der Waals surface area contributed by atoms with E-state index in [1.165, 1.54) is 6.33 Å². The van der Waals surface area contributed by atoms with E-state index >= 15 is 0 Å². The highest BCUT2D eigenvalue weighted by molar-refractivity contribution is 5.42. The van der Waals surface area contributed by atoms with Gasteiger partial charge in [-0.05, 0) is 37.8 Å². The van der Waals surface area contributed by atoms with Gasteiger partial charge in [0, 0.05) is 44.8 Å². The number of ether oxygens (including phenoxy) is 1. The highest BCUT2D eigenvalue weighted by Gasteiger charge is 2.35. The predicted molar refractivity (Wildman–Crippen MR) is 91.1 cm³/mol. The lowest BCUT2D eigenvalue weighted by Gasteiger charge is -2.33. The van der Waals surface area contributed by atoms with Crippen LogP contribution in [0.5, 0.6) is 5.88 Å². The summed E-state index contributed by atoms with van der Waals surface area (Å²) in [6.45, 7) is 5.31. The molecule has 0 aliphatic carbocycles. The molecule has 2 fully saturated rings. The van der Waals surface area contributed by atoms with E-state index in [0.717, 1.165) is 51.4 Å². The van der Waals surface area contributed by atoms with E-state index in [1.807, 2.05) is 6.07 Å². The SMILES string of the molecule is COc1cc(N2C[C@@H](CO)[C@@H](CN3CCC(CO)CC3)C2)ncn1. The van der Waals surface area contributed by atoms with Crippen molar-refractivity contribution in [3.63, 3.8) is 0 Å². The van der Waals surface area contributed by atoms with Crippen LogP contribution in [0.2, 0.25) is 0 Å². The third-order valence-electron chi connectivity index (χ3n) is 5.43. The van der Waals surface area contributed by atoms with Gasteiger partial charge < -0.3 is 24.7 Å². The Labute approximate surface area is 143 Å². The van der Waals surface area contributed by atoms with E-state index < -0.39 is 0 Å². The summed E-state index contributed by atoms with van der Waals surface area (Å²) in [6, 6.07) is 1.85. The van der Waals surface area contributed by atoms with Gasteiger partial charge in [0.15, 0.2) is 0 Å². The topological polar surface area (TPSA) is 82.0 Å². The van der Waals surface area contributed by atoms with E-state index in [0.29, 0.717) is 24.3 Å². The molecule has 0 unspecified atom stereocenters. The fraction of sp³-hybridized carbons (Fsp3) is 0.765. The van der Waals surface area contributed by atoms with E-state index in [1.54, 1.807) is 7.11 Å². The number of piperidine rings is 1. The molecular formula is C17H28N4O3. The summed E-state index contributed by atoms with van der Waals surface area (Å²) in [7, 11) is 1.60. The van der Waals surface area contributed by atoms with Gasteiger partial charge in [-0.15, -0.1) is 0 Å². The van der Waals surface area contributed by atoms with Crippen molar-refractivity contribution in [3.8, 4) is 5.88 Å². The van der Waals surface area contributed by atoms with Crippen LogP contribution in [0, 0.1) is 17.8 Å². The minimum Gasteiger partial charge on any atom is -0.481 e. The summed E-state index contributed by atoms with van der Waals surface area (Å²) in [5.41, 5.74) is 0. The van der Waals surface area contributed by atoms with Crippen LogP contribution < -0.4 is 9.64 Å². The molecule has 7 heteroatoms. The van der Waals surface area contributed by atoms with Crippen LogP contribution in [0.3, 0.4) is 0 Å². The minimum absolute atomic E-state index is 0.205. The summed E-state index contributed by atoms with van der Waals surface area (Å²) >= 11 is 0. The third kappa shape index (κ3) is 3.96. The molecule has 2 atom stereocenters. The molecule has 3 heterocycles. The number of aromatic nitrogens is 2. The molecule has 2 aliphatic heterocycles. The van der Waals surface area contributed by atoms with Crippen LogP contribution in [-0.2, 0) is 0 Å². The van der Waals surface area contributed by atoms with E-state index in [4.69, 9.17) is 4.74 Å². The summed E-state index contributed by atoms with van der Waals surface area (Å²) in [6.07, 6.45) is 3.66. The minimum atomic E-state index is 0.205. The Morgan fingerprint density at radius 3 is 2.54 bits per heavy atom. The van der Waals surface area contributed by atoms with Crippen molar-refractivity contribution >= 4 is 5.82 Å². The number of aliphatic hydroxyl groups is 2. The molecule has 3 rings (SSSR count). The van der Waals surface area contributed by atoms with Crippen LogP contribution in [0.25, 0.3) is 0 Å². The Hall–Kier alpha value is -1.44. The quantitative estimate of drug-likeness (QED) is 0.770. The first-order valence-electron chi connectivity index (χ1n) is 8.78. The molecule has 1 aromatic heterocycles. The Morgan fingerprint density at radius 1 is 1.12 bits per heavy atom. The van der Waals surface area contributed by atoms with Gasteiger partial charge in [0.2, 0.25) is 5.88 Å². The average Bonchev–Trinajstić information content (AvgIpc) is 3.05. The van der Waals surface area contributed by atoms with E-state index in [-0.39, 0.29) is 12.5 Å². The largest absolute Gasteiger partial charge is 0.481 e. The Balaban J connectivity index is 1.60. The van der Waals surface area contributed by atoms with Gasteiger partial charge in [0.1, 0.15) is 12.1 Å². The first-order chi connectivity index (χ1) is 11.7. The van der Waals surface area contributed by atoms with Crippen molar-refractivity contribution < 1.29 is 14.9 Å². The summed E-state index contributed by atoms with van der Waals surface area (Å²) < 4.78 is 5.18. The van der Waals surface area contributed by atoms with Crippen molar-refractivity contribution in [1.29, 1.82) is 0 Å². The molecule has 0 spiro atoms. The van der Waals surface area contributed by atoms with Crippen molar-refractivity contribution in [2.75, 3.05) is 57.9 Å². The second-order valence-electron chi connectivity index (χ2n) is 6.95. The maximum absolute atomic E-state index is 9.78. The zero-order chi connectivity index (χ0) is 16.9. The van der Waals surface area contributed by atoms with E-state index in [9.17, 15) is 10.2 Å². The van der Waals surface area contributed by atoms with Crippen molar-refractivity contribution in [2.45, 2.75) is 12.8 Å². The molecule has 2 aliphatic rings. The van der Waals surface area contributed by atoms with Gasteiger partial charge in [0.25, 0.3) is 0 Å². The fourth-order valence-electron chi connectivity index (χ4n) is 3.84. The molecule has 0 bridgehead atoms. The fourth-order valence-corrected chi connectivity index (χ4v) is 3.84. The third-order valence-corrected chi connectivity index (χ3v) is 5.43. The number of hydrogen-bond donors (Lipinski definition) is 2. The average molecular weight is 336 g/mol. The van der Waals surface area contributed by atoms with Crippen molar-refractivity contribution in [2.24, 2.45) is 17.8 Å². The second kappa shape index (κ2) is 8.09. The highest BCUT2D eigenvalue weighted by Crippen LogP contribution is 2.29. The summed E-state index contributed by atoms with van der Waals surface area (Å²) in [5.74, 6) is 2.59. The van der Waals surface area contributed by atoms with Crippen LogP contribution in [-0.4, -0.2) is 78.1 Å². The first-order valence-corrected chi connectivity index (χ1v) is 8.78. The van der Waals surface area contributed by atoms with Crippen molar-refractivity contribution in [1.82, 2.24) is 14.9 Å². The highest BCUT2D eigenvalue weighted by atomic mass is 16.5. The molecular weight excluding hydrogens is 308 g/mol. The molecule has 7 nitrogen and oxygen atoms in total. The molecule has 2 saturated heterocycles. The monoisotopic (exact) mass is 336 g/mol. The number of methoxy groups -OCH3 is 1. The molecule has 134 valence electrons. The number of aliphatic hydroxyl groups excluding tert-OH is 2. The van der Waals surface area contributed by atoms with Gasteiger partial charge in [-0.3, -0.25) is 0 Å². The van der Waals surface area contributed by atoms with Crippen LogP contribution in [0.4, 0.5) is 5.82 Å². The van der Waals surface area contributed by atoms with Gasteiger partial charge in [-0.2, -0.15) is 0 Å². The standard InChI is InChI=1S/C17H28N4O3/c1-24-17-6-16(18-12-19-17)21-8-14(15(9-21)11-23)7-20-4-2-13(10-22)3-5-20/h6,12-15,22-23H,2-5,7-11H2,1H3/t14-,15-/m0/s1. The normalized spacial score (nSPS) is 26.0. The first kappa shape index (κ1) is 17.4. The van der Waals surface area contributed by atoms with E-state index in [2.05, 4.69) is 19.8 Å². The number of hydrogen-bond acceptors (Lipinski definition) is 7. The zero-order valence-corrected chi connectivity index (χ0v) is 14.3. The smallest absolute Gasteiger partial charge is 0.218 e. The predicted octanol–water partition coefficient (Wildman–Crippen LogP) is 0.234. The molecule has 0 aromatic carbocycles. The summed E-state index contributed by atoms with van der Waals surface area (Å²) in [4.78, 5) is 13.1. The maximum atomic E-state index is 9.78. The maximum Gasteiger partial charge on any atom is 0.218 e. The van der Waals surface area contributed by atoms with Crippen LogP contribution >= 0.6 is 0 Å². The molecule has 0 radical (unpaired) electrons. The number of likely N-dealkylation sites (tertiary alicyclic amines) is 1. The lowest BCUT2D eigenvalue weighted by Crippen LogP contribution is -2.40. The van der Waals surface area contributed by atoms with Gasteiger partial charge >= 0.3 is 0 Å². The molecule has 1 aromatic rings. The van der Waals surface area contributed by atoms with Gasteiger partial charge in [-0.25, -0.2) is 9.97 Å². The Kier molecular flexibility index (Phi) is 5.86. The van der Waals surface area contributed by atoms with Gasteiger partial charge in [0.05, 0.1) is 7.11 Å². The number of nitrogens with zero attached hydrogens (tertiary/aromatic N) is 4. The zero-order valence-electron chi connectivity index (χ0n) is 14.3. The lowest BCUT2D eigenvalue weighted by molar-refractivity contribution is 0.106. The van der Waals surface area contributed by atoms with Crippen molar-refractivity contribution in [3.05, 3.63) is 12.4 Å².